The number of carbonyl (C=O) groups excluding carboxylic acids is 1. The summed E-state index contributed by atoms with van der Waals surface area (Å²) in [5.74, 6) is 0.586. The number of benzene rings is 1. The Kier molecular flexibility index (Phi) is 3.97. The Morgan fingerprint density at radius 1 is 1.13 bits per heavy atom. The molecular weight excluding hydrogens is 401 g/mol. The Morgan fingerprint density at radius 3 is 2.84 bits per heavy atom. The van der Waals surface area contributed by atoms with Gasteiger partial charge in [0.15, 0.2) is 23.5 Å². The number of halogens is 1. The van der Waals surface area contributed by atoms with E-state index in [4.69, 9.17) is 19.1 Å². The lowest BCUT2D eigenvalue weighted by Gasteiger charge is -2.27. The van der Waals surface area contributed by atoms with Crippen molar-refractivity contribution in [2.24, 2.45) is 0 Å². The van der Waals surface area contributed by atoms with Gasteiger partial charge in [0, 0.05) is 47.5 Å². The Balaban J connectivity index is 1.68. The summed E-state index contributed by atoms with van der Waals surface area (Å²) < 4.78 is 25.8. The van der Waals surface area contributed by atoms with Crippen LogP contribution in [0.15, 0.2) is 41.1 Å². The number of ether oxygens (including phenoxy) is 1. The number of aldehydes is 1. The molecule has 0 unspecified atom stereocenters. The van der Waals surface area contributed by atoms with Gasteiger partial charge in [-0.15, -0.1) is 0 Å². The first-order valence-corrected chi connectivity index (χ1v) is 9.86. The summed E-state index contributed by atoms with van der Waals surface area (Å²) in [7, 11) is 0. The minimum atomic E-state index is -0.386. The summed E-state index contributed by atoms with van der Waals surface area (Å²) in [6, 6.07) is 6.43. The van der Waals surface area contributed by atoms with Gasteiger partial charge in [-0.05, 0) is 24.3 Å². The van der Waals surface area contributed by atoms with Gasteiger partial charge in [0.1, 0.15) is 11.3 Å². The van der Waals surface area contributed by atoms with E-state index >= 15 is 0 Å². The molecule has 0 atom stereocenters. The molecule has 1 N–H and O–H groups in total. The molecule has 154 valence electrons. The summed E-state index contributed by atoms with van der Waals surface area (Å²) in [5, 5.41) is 1.42. The largest absolute Gasteiger partial charge is 0.432 e. The average molecular weight is 417 g/mol. The maximum atomic E-state index is 14.4. The third-order valence-corrected chi connectivity index (χ3v) is 5.50. The number of rotatable bonds is 3. The highest BCUT2D eigenvalue weighted by molar-refractivity contribution is 6.07. The van der Waals surface area contributed by atoms with Crippen molar-refractivity contribution in [2.75, 3.05) is 31.2 Å². The SMILES string of the molecule is O=Cc1cnc2oc3c(N4CCOCC4)nc(-c4cc(F)cc5[nH]ccc45)nc3c2c1. The predicted molar refractivity (Wildman–Crippen MR) is 113 cm³/mol. The number of aromatic nitrogens is 4. The second-order valence-corrected chi connectivity index (χ2v) is 7.38. The number of nitrogens with zero attached hydrogens (tertiary/aromatic N) is 4. The third kappa shape index (κ3) is 2.85. The van der Waals surface area contributed by atoms with Crippen LogP contribution in [0.5, 0.6) is 0 Å². The Labute approximate surface area is 174 Å². The van der Waals surface area contributed by atoms with Crippen LogP contribution >= 0.6 is 0 Å². The summed E-state index contributed by atoms with van der Waals surface area (Å²) in [6.07, 6.45) is 3.94. The van der Waals surface area contributed by atoms with Crippen LogP contribution in [-0.4, -0.2) is 52.5 Å². The summed E-state index contributed by atoms with van der Waals surface area (Å²) in [4.78, 5) is 30.2. The molecule has 1 aromatic carbocycles. The van der Waals surface area contributed by atoms with Crippen molar-refractivity contribution in [3.05, 3.63) is 48.0 Å². The van der Waals surface area contributed by atoms with E-state index in [0.29, 0.717) is 76.8 Å². The Hall–Kier alpha value is -3.85. The van der Waals surface area contributed by atoms with E-state index in [1.165, 1.54) is 18.3 Å². The van der Waals surface area contributed by atoms with E-state index in [-0.39, 0.29) is 5.82 Å². The molecule has 0 bridgehead atoms. The number of pyridine rings is 1. The monoisotopic (exact) mass is 417 g/mol. The number of morpholine rings is 1. The molecule has 5 aromatic rings. The summed E-state index contributed by atoms with van der Waals surface area (Å²) >= 11 is 0. The number of hydrogen-bond acceptors (Lipinski definition) is 7. The molecule has 0 saturated carbocycles. The van der Waals surface area contributed by atoms with Crippen LogP contribution in [0.4, 0.5) is 10.2 Å². The smallest absolute Gasteiger partial charge is 0.229 e. The highest BCUT2D eigenvalue weighted by Crippen LogP contribution is 2.36. The number of carbonyl (C=O) groups is 1. The first kappa shape index (κ1) is 18.0. The fourth-order valence-corrected chi connectivity index (χ4v) is 4.02. The molecule has 4 aromatic heterocycles. The second-order valence-electron chi connectivity index (χ2n) is 7.38. The molecule has 0 radical (unpaired) electrons. The van der Waals surface area contributed by atoms with Gasteiger partial charge in [-0.3, -0.25) is 4.79 Å². The summed E-state index contributed by atoms with van der Waals surface area (Å²) in [6.45, 7) is 2.41. The van der Waals surface area contributed by atoms with Gasteiger partial charge in [0.05, 0.1) is 18.6 Å². The number of furan rings is 1. The van der Waals surface area contributed by atoms with Crippen LogP contribution in [0.1, 0.15) is 10.4 Å². The second kappa shape index (κ2) is 6.85. The van der Waals surface area contributed by atoms with Crippen LogP contribution in [0.2, 0.25) is 0 Å². The van der Waals surface area contributed by atoms with Crippen molar-refractivity contribution in [3.8, 4) is 11.4 Å². The Bertz CT molecular complexity index is 1470. The average Bonchev–Trinajstić information content (AvgIpc) is 3.42. The van der Waals surface area contributed by atoms with Gasteiger partial charge < -0.3 is 19.0 Å². The van der Waals surface area contributed by atoms with Gasteiger partial charge in [-0.2, -0.15) is 0 Å². The normalized spacial score (nSPS) is 14.7. The first-order valence-electron chi connectivity index (χ1n) is 9.86. The van der Waals surface area contributed by atoms with Crippen molar-refractivity contribution < 1.29 is 18.3 Å². The highest BCUT2D eigenvalue weighted by Gasteiger charge is 2.24. The number of nitrogens with one attached hydrogen (secondary N) is 1. The molecule has 0 amide bonds. The zero-order valence-electron chi connectivity index (χ0n) is 16.3. The molecule has 9 heteroatoms. The maximum Gasteiger partial charge on any atom is 0.229 e. The standard InChI is InChI=1S/C22H16FN5O3/c23-13-8-15(14-1-2-24-17(14)9-13)20-26-18-16-7-12(11-29)10-25-22(16)31-19(18)21(27-20)28-3-5-30-6-4-28/h1-2,7-11,24H,3-6H2. The number of aromatic amines is 1. The van der Waals surface area contributed by atoms with E-state index in [0.717, 1.165) is 11.7 Å². The van der Waals surface area contributed by atoms with Crippen molar-refractivity contribution in [1.82, 2.24) is 19.9 Å². The topological polar surface area (TPSA) is 97.1 Å². The molecule has 6 rings (SSSR count). The van der Waals surface area contributed by atoms with Crippen LogP contribution in [0.3, 0.4) is 0 Å². The predicted octanol–water partition coefficient (Wildman–Crippen LogP) is 3.71. The molecule has 1 fully saturated rings. The van der Waals surface area contributed by atoms with Gasteiger partial charge in [0.2, 0.25) is 5.71 Å². The molecule has 1 aliphatic heterocycles. The number of H-pyrrole nitrogens is 1. The number of anilines is 1. The molecule has 5 heterocycles. The van der Waals surface area contributed by atoms with Crippen molar-refractivity contribution >= 4 is 45.2 Å². The maximum absolute atomic E-state index is 14.4. The van der Waals surface area contributed by atoms with E-state index in [2.05, 4.69) is 14.9 Å². The van der Waals surface area contributed by atoms with E-state index in [1.807, 2.05) is 6.07 Å². The molecule has 31 heavy (non-hydrogen) atoms. The first-order chi connectivity index (χ1) is 15.2. The van der Waals surface area contributed by atoms with Crippen LogP contribution in [-0.2, 0) is 4.74 Å². The summed E-state index contributed by atoms with van der Waals surface area (Å²) in [5.41, 5.74) is 3.04. The van der Waals surface area contributed by atoms with E-state index in [1.54, 1.807) is 12.3 Å². The molecule has 1 saturated heterocycles. The van der Waals surface area contributed by atoms with Crippen LogP contribution in [0.25, 0.3) is 44.5 Å². The molecule has 1 aliphatic rings. The van der Waals surface area contributed by atoms with E-state index in [9.17, 15) is 9.18 Å². The fourth-order valence-electron chi connectivity index (χ4n) is 4.02. The van der Waals surface area contributed by atoms with Gasteiger partial charge in [0.25, 0.3) is 0 Å². The van der Waals surface area contributed by atoms with Gasteiger partial charge in [-0.25, -0.2) is 19.3 Å². The minimum Gasteiger partial charge on any atom is -0.432 e. The molecule has 8 nitrogen and oxygen atoms in total. The fraction of sp³-hybridized carbons (Fsp3) is 0.182. The third-order valence-electron chi connectivity index (χ3n) is 5.50. The zero-order chi connectivity index (χ0) is 20.9. The van der Waals surface area contributed by atoms with E-state index < -0.39 is 0 Å². The number of fused-ring (bicyclic) bond motifs is 4. The lowest BCUT2D eigenvalue weighted by Crippen LogP contribution is -2.37. The lowest BCUT2D eigenvalue weighted by molar-refractivity contribution is 0.112. The Morgan fingerprint density at radius 2 is 2.00 bits per heavy atom. The van der Waals surface area contributed by atoms with Crippen LogP contribution < -0.4 is 4.90 Å². The molecule has 0 aliphatic carbocycles. The minimum absolute atomic E-state index is 0.368. The molecule has 0 spiro atoms. The lowest BCUT2D eigenvalue weighted by atomic mass is 10.1. The quantitative estimate of drug-likeness (QED) is 0.447. The highest BCUT2D eigenvalue weighted by atomic mass is 19.1. The van der Waals surface area contributed by atoms with Gasteiger partial charge >= 0.3 is 0 Å². The zero-order valence-corrected chi connectivity index (χ0v) is 16.3. The van der Waals surface area contributed by atoms with Crippen molar-refractivity contribution in [1.29, 1.82) is 0 Å². The van der Waals surface area contributed by atoms with Crippen molar-refractivity contribution in [3.63, 3.8) is 0 Å². The molecular formula is C22H16FN5O3. The van der Waals surface area contributed by atoms with Crippen LogP contribution in [0, 0.1) is 5.82 Å². The van der Waals surface area contributed by atoms with Gasteiger partial charge in [-0.1, -0.05) is 0 Å². The number of hydrogen-bond donors (Lipinski definition) is 1. The van der Waals surface area contributed by atoms with Crippen molar-refractivity contribution in [2.45, 2.75) is 0 Å².